The smallest absolute Gasteiger partial charge is 0.429 e. The van der Waals surface area contributed by atoms with E-state index in [9.17, 15) is 79.0 Å². The second-order valence-corrected chi connectivity index (χ2v) is 6.60. The van der Waals surface area contributed by atoms with Gasteiger partial charge in [-0.2, -0.15) is 79.0 Å². The van der Waals surface area contributed by atoms with Crippen molar-refractivity contribution in [1.82, 2.24) is 0 Å². The van der Waals surface area contributed by atoms with Crippen LogP contribution in [0.25, 0.3) is 0 Å². The molecule has 2 atom stereocenters. The minimum Gasteiger partial charge on any atom is -0.484 e. The largest absolute Gasteiger partial charge is 0.484 e. The molecule has 0 radical (unpaired) electrons. The molecule has 0 saturated carbocycles. The first-order valence-corrected chi connectivity index (χ1v) is 7.75. The van der Waals surface area contributed by atoms with Gasteiger partial charge in [0.1, 0.15) is 11.3 Å². The molecule has 0 saturated heterocycles. The monoisotopic (exact) mass is 536 g/mol. The van der Waals surface area contributed by atoms with Gasteiger partial charge >= 0.3 is 37.1 Å². The summed E-state index contributed by atoms with van der Waals surface area (Å²) in [4.78, 5) is 0. The molecule has 0 fully saturated rings. The Kier molecular flexibility index (Phi) is 8.35. The average Bonchev–Trinajstić information content (AvgIpc) is 2.42. The van der Waals surface area contributed by atoms with E-state index in [1.54, 1.807) is 0 Å². The van der Waals surface area contributed by atoms with Crippen LogP contribution in [0.15, 0.2) is 12.8 Å². The number of alkyl halides is 18. The predicted octanol–water partition coefficient (Wildman–Crippen LogP) is 8.03. The summed E-state index contributed by atoms with van der Waals surface area (Å²) in [6.45, 7) is 2.11. The van der Waals surface area contributed by atoms with E-state index in [2.05, 4.69) is 11.3 Å². The Labute approximate surface area is 171 Å². The lowest BCUT2D eigenvalue weighted by atomic mass is 9.59. The Morgan fingerprint density at radius 2 is 0.939 bits per heavy atom. The van der Waals surface area contributed by atoms with E-state index < -0.39 is 79.5 Å². The Hall–Kier alpha value is -1.72. The summed E-state index contributed by atoms with van der Waals surface area (Å²) in [7, 11) is 0. The molecule has 0 aromatic heterocycles. The van der Waals surface area contributed by atoms with Crippen molar-refractivity contribution in [2.24, 2.45) is 11.3 Å². The van der Waals surface area contributed by atoms with Crippen molar-refractivity contribution in [3.05, 3.63) is 12.8 Å². The Morgan fingerprint density at radius 1 is 0.576 bits per heavy atom. The summed E-state index contributed by atoms with van der Waals surface area (Å²) in [5, 5.41) is 0. The van der Waals surface area contributed by atoms with Crippen molar-refractivity contribution >= 4 is 0 Å². The normalized spacial score (nSPS) is 18.0. The van der Waals surface area contributed by atoms with Gasteiger partial charge in [0.15, 0.2) is 0 Å². The lowest BCUT2D eigenvalue weighted by molar-refractivity contribution is -0.432. The average molecular weight is 536 g/mol. The lowest BCUT2D eigenvalue weighted by Gasteiger charge is -2.54. The van der Waals surface area contributed by atoms with Crippen molar-refractivity contribution in [2.75, 3.05) is 0 Å². The van der Waals surface area contributed by atoms with E-state index in [1.165, 1.54) is 0 Å². The molecule has 198 valence electrons. The molecule has 0 rings (SSSR count). The van der Waals surface area contributed by atoms with Crippen molar-refractivity contribution in [2.45, 2.75) is 61.9 Å². The number of ether oxygens (including phenoxy) is 1. The van der Waals surface area contributed by atoms with Crippen LogP contribution in [0.4, 0.5) is 79.0 Å². The van der Waals surface area contributed by atoms with Crippen LogP contribution in [-0.4, -0.2) is 42.7 Å². The molecule has 0 aliphatic heterocycles. The molecule has 0 N–H and O–H groups in total. The molecule has 0 spiro atoms. The van der Waals surface area contributed by atoms with E-state index in [4.69, 9.17) is 0 Å². The highest BCUT2D eigenvalue weighted by atomic mass is 19.4. The predicted molar refractivity (Wildman–Crippen MR) is 70.1 cm³/mol. The molecule has 0 aliphatic carbocycles. The van der Waals surface area contributed by atoms with Crippen LogP contribution in [0.3, 0.4) is 0 Å². The van der Waals surface area contributed by atoms with Gasteiger partial charge in [-0.1, -0.05) is 6.58 Å². The van der Waals surface area contributed by atoms with Crippen molar-refractivity contribution < 1.29 is 83.8 Å². The molecule has 0 heterocycles. The third kappa shape index (κ3) is 7.13. The molecule has 0 aromatic carbocycles. The van der Waals surface area contributed by atoms with Gasteiger partial charge in [0.25, 0.3) is 0 Å². The van der Waals surface area contributed by atoms with E-state index >= 15 is 0 Å². The van der Waals surface area contributed by atoms with Gasteiger partial charge in [-0.15, -0.1) is 0 Å². The third-order valence-corrected chi connectivity index (χ3v) is 4.27. The maximum Gasteiger partial charge on any atom is 0.429 e. The Balaban J connectivity index is 8.09. The van der Waals surface area contributed by atoms with E-state index in [0.717, 1.165) is 0 Å². The molecule has 19 heteroatoms. The van der Waals surface area contributed by atoms with Crippen LogP contribution in [0, 0.1) is 11.3 Å². The van der Waals surface area contributed by atoms with Crippen LogP contribution in [0.5, 0.6) is 0 Å². The molecule has 0 amide bonds. The standard InChI is InChI=1S/C14H10F18O/c1-2-33-11(14(30,31)32,6(12(24,25)26)3-8(15,16)17)7(13(27,28)29,4-9(18,19)20)5-10(21,22)23/h2,6H,1,3-5H2. The fourth-order valence-corrected chi connectivity index (χ4v) is 3.34. The highest BCUT2D eigenvalue weighted by molar-refractivity contribution is 5.15. The number of halogens is 18. The van der Waals surface area contributed by atoms with Crippen molar-refractivity contribution in [3.8, 4) is 0 Å². The minimum atomic E-state index is -7.54. The molecule has 1 nitrogen and oxygen atoms in total. The molecule has 0 aliphatic rings. The highest BCUT2D eigenvalue weighted by Gasteiger charge is 2.86. The van der Waals surface area contributed by atoms with Gasteiger partial charge in [-0.3, -0.25) is 0 Å². The van der Waals surface area contributed by atoms with Crippen molar-refractivity contribution in [3.63, 3.8) is 0 Å². The van der Waals surface area contributed by atoms with Gasteiger partial charge < -0.3 is 4.74 Å². The Bertz CT molecular complexity index is 641. The summed E-state index contributed by atoms with van der Waals surface area (Å²) < 4.78 is 241. The van der Waals surface area contributed by atoms with Crippen LogP contribution in [-0.2, 0) is 4.74 Å². The highest BCUT2D eigenvalue weighted by Crippen LogP contribution is 2.68. The summed E-state index contributed by atoms with van der Waals surface area (Å²) in [5.41, 5.74) is -13.5. The molecular weight excluding hydrogens is 526 g/mol. The summed E-state index contributed by atoms with van der Waals surface area (Å²) >= 11 is 0. The number of rotatable bonds is 7. The topological polar surface area (TPSA) is 9.23 Å². The SMILES string of the molecule is C=COC(C(CC(F)(F)F)C(F)(F)F)(C(F)(F)F)C(CC(F)(F)F)(CC(F)(F)F)C(F)(F)F. The lowest BCUT2D eigenvalue weighted by Crippen LogP contribution is -2.73. The van der Waals surface area contributed by atoms with Crippen molar-refractivity contribution in [1.29, 1.82) is 0 Å². The maximum atomic E-state index is 13.8. The number of hydrogen-bond acceptors (Lipinski definition) is 1. The quantitative estimate of drug-likeness (QED) is 0.237. The minimum absolute atomic E-state index is 1.05. The van der Waals surface area contributed by atoms with Gasteiger partial charge in [0.05, 0.1) is 25.5 Å². The Morgan fingerprint density at radius 3 is 1.12 bits per heavy atom. The maximum absolute atomic E-state index is 13.8. The number of hydrogen-bond donors (Lipinski definition) is 0. The van der Waals surface area contributed by atoms with E-state index in [0.29, 0.717) is 0 Å². The fourth-order valence-electron chi connectivity index (χ4n) is 3.34. The fraction of sp³-hybridized carbons (Fsp3) is 0.857. The summed E-state index contributed by atoms with van der Waals surface area (Å²) in [5.74, 6) is -5.63. The second-order valence-electron chi connectivity index (χ2n) is 6.60. The summed E-state index contributed by atoms with van der Waals surface area (Å²) in [6, 6.07) is 0. The first-order valence-electron chi connectivity index (χ1n) is 7.75. The zero-order valence-corrected chi connectivity index (χ0v) is 15.2. The third-order valence-electron chi connectivity index (χ3n) is 4.27. The van der Waals surface area contributed by atoms with Gasteiger partial charge in [0, 0.05) is 0 Å². The van der Waals surface area contributed by atoms with Crippen LogP contribution in [0.2, 0.25) is 0 Å². The van der Waals surface area contributed by atoms with E-state index in [1.807, 2.05) is 0 Å². The molecule has 0 aromatic rings. The van der Waals surface area contributed by atoms with E-state index in [-0.39, 0.29) is 0 Å². The molecule has 0 bridgehead atoms. The second kappa shape index (κ2) is 8.81. The molecular formula is C14H10F18O. The zero-order chi connectivity index (χ0) is 27.1. The summed E-state index contributed by atoms with van der Waals surface area (Å²) in [6.07, 6.45) is -55.7. The van der Waals surface area contributed by atoms with Gasteiger partial charge in [0.2, 0.25) is 5.60 Å². The molecule has 33 heavy (non-hydrogen) atoms. The zero-order valence-electron chi connectivity index (χ0n) is 15.2. The van der Waals surface area contributed by atoms with Crippen LogP contribution >= 0.6 is 0 Å². The first-order chi connectivity index (χ1) is 14.1. The van der Waals surface area contributed by atoms with Crippen LogP contribution < -0.4 is 0 Å². The molecule has 2 unspecified atom stereocenters. The van der Waals surface area contributed by atoms with Gasteiger partial charge in [-0.05, 0) is 0 Å². The first kappa shape index (κ1) is 31.3. The van der Waals surface area contributed by atoms with Gasteiger partial charge in [-0.25, -0.2) is 0 Å². The van der Waals surface area contributed by atoms with Crippen LogP contribution in [0.1, 0.15) is 19.3 Å².